The Labute approximate surface area is 741 Å². The summed E-state index contributed by atoms with van der Waals surface area (Å²) in [5.74, 6) is -10.2. The number of hydrogen-bond donors (Lipinski definition) is 33. The highest BCUT2D eigenvalue weighted by atomic mass is 16.8. The third-order valence-electron chi connectivity index (χ3n) is 23.8. The lowest BCUT2D eigenvalue weighted by atomic mass is 9.88. The standard InChI is InChI=1S/C73H121N5O53/c1-17-38(93)49(104)52(107)67(115-17)113-16-32-57(46(101)34(63(110)116-32)75-19(3)87)124-65-36(77-21(5)89)47(102)55(29(13-84)121-65)125-68-53(108)59(127-71-62(51(106)42(97)27(11-82)120-71)129-64-35(76-20(4)88)45(100)40(95)25(9-80)117-64)44(99)31(123-68)15-114-70-61(50(105)41(96)26(10-81)119-70)128-66-37(78-22(6)90)48(103)56(30(14-85)122-66)126-69-54(109)60(43(98)28(12-83)118-69)131-73(72(111)112)7-23(91)33(74-18(2)86)58(130-73)39(94)24(92)8-79/h17,23-71,79-85,91-110H,7-16H2,1-6H3,(H,74,86)(H,75,87)(H,76,88)(H,77,89)(H,78,90)(H,111,112)/t17-,23-,24+,25+,26+,27-,28+,29+,30+,31+,32+,33+,34+,35+,36+,37+,38+,39+,40+,41+,42+,43-,44+,45+,46+,47+,48+,49+,50-,51-,52-,53-,54+,55+,56+,57+,58+,59-,60-,61-,62-,63+,64-,65-,66-,67-,68-,69-,70-,71-,73-/m0/s1. The van der Waals surface area contributed by atoms with Crippen molar-refractivity contribution in [2.75, 3.05) is 59.5 Å². The molecular weight excluding hydrogens is 1790 g/mol. The number of carbonyl (C=O) groups is 6. The van der Waals surface area contributed by atoms with E-state index in [1.54, 1.807) is 0 Å². The Morgan fingerprint density at radius 1 is 0.328 bits per heavy atom. The third kappa shape index (κ3) is 24.1. The summed E-state index contributed by atoms with van der Waals surface area (Å²) >= 11 is 0. The van der Waals surface area contributed by atoms with E-state index in [1.165, 1.54) is 6.92 Å². The predicted molar refractivity (Wildman–Crippen MR) is 403 cm³/mol. The normalized spacial score (nSPS) is 47.5. The van der Waals surface area contributed by atoms with Gasteiger partial charge in [0.25, 0.3) is 5.79 Å². The van der Waals surface area contributed by atoms with Crippen LogP contribution in [0.5, 0.6) is 0 Å². The van der Waals surface area contributed by atoms with Crippen molar-refractivity contribution in [2.24, 2.45) is 0 Å². The van der Waals surface area contributed by atoms with Crippen LogP contribution in [0.1, 0.15) is 48.0 Å². The van der Waals surface area contributed by atoms with E-state index in [9.17, 15) is 172 Å². The van der Waals surface area contributed by atoms with Crippen molar-refractivity contribution >= 4 is 35.5 Å². The number of hydrogen-bond acceptors (Lipinski definition) is 52. The van der Waals surface area contributed by atoms with Crippen molar-refractivity contribution in [3.8, 4) is 0 Å². The van der Waals surface area contributed by atoms with Crippen LogP contribution in [0.2, 0.25) is 0 Å². The maximum atomic E-state index is 13.3. The van der Waals surface area contributed by atoms with Gasteiger partial charge in [0, 0.05) is 41.0 Å². The van der Waals surface area contributed by atoms with E-state index in [-0.39, 0.29) is 0 Å². The molecular formula is C73H121N5O53. The van der Waals surface area contributed by atoms with E-state index in [4.69, 9.17) is 90.0 Å². The number of rotatable bonds is 35. The fourth-order valence-electron chi connectivity index (χ4n) is 16.9. The smallest absolute Gasteiger partial charge is 0.364 e. The van der Waals surface area contributed by atoms with E-state index in [0.717, 1.165) is 34.6 Å². The topological polar surface area (TPSA) is 904 Å². The van der Waals surface area contributed by atoms with E-state index >= 15 is 0 Å². The summed E-state index contributed by atoms with van der Waals surface area (Å²) in [6, 6.07) is -9.50. The van der Waals surface area contributed by atoms with Crippen LogP contribution in [-0.4, -0.2) is 550 Å². The molecule has 0 radical (unpaired) electrons. The van der Waals surface area contributed by atoms with Gasteiger partial charge in [-0.15, -0.1) is 0 Å². The Morgan fingerprint density at radius 3 is 1.15 bits per heavy atom. The molecule has 0 aromatic heterocycles. The average Bonchev–Trinajstić information content (AvgIpc) is 0.755. The van der Waals surface area contributed by atoms with Gasteiger partial charge < -0.3 is 260 Å². The number of amides is 5. The number of aliphatic hydroxyl groups excluding tert-OH is 27. The molecule has 0 saturated carbocycles. The summed E-state index contributed by atoms with van der Waals surface area (Å²) in [5, 5.41) is 326. The van der Waals surface area contributed by atoms with Crippen molar-refractivity contribution in [2.45, 2.75) is 360 Å². The van der Waals surface area contributed by atoms with Crippen LogP contribution in [-0.2, 0) is 119 Å². The van der Waals surface area contributed by atoms with Crippen LogP contribution >= 0.6 is 0 Å². The van der Waals surface area contributed by atoms with Gasteiger partial charge in [-0.25, -0.2) is 4.79 Å². The molecule has 58 heteroatoms. The number of carbonyl (C=O) groups excluding carboxylic acids is 5. The summed E-state index contributed by atoms with van der Waals surface area (Å²) < 4.78 is 113. The predicted octanol–water partition coefficient (Wildman–Crippen LogP) is -21.9. The van der Waals surface area contributed by atoms with Gasteiger partial charge in [0.15, 0.2) is 56.6 Å². The second-order valence-corrected chi connectivity index (χ2v) is 33.2. The minimum Gasteiger partial charge on any atom is -0.477 e. The van der Waals surface area contributed by atoms with Gasteiger partial charge in [-0.2, -0.15) is 0 Å². The Bertz CT molecular complexity index is 3670. The molecule has 0 unspecified atom stereocenters. The van der Waals surface area contributed by atoms with Crippen LogP contribution in [0.15, 0.2) is 0 Å². The van der Waals surface area contributed by atoms with Gasteiger partial charge in [-0.1, -0.05) is 0 Å². The van der Waals surface area contributed by atoms with Gasteiger partial charge in [-0.05, 0) is 6.92 Å². The average molecular weight is 1920 g/mol. The number of aliphatic carboxylic acids is 1. The van der Waals surface area contributed by atoms with E-state index in [0.29, 0.717) is 0 Å². The number of nitrogens with one attached hydrogen (secondary N) is 5. The fourth-order valence-corrected chi connectivity index (χ4v) is 16.9. The lowest BCUT2D eigenvalue weighted by Crippen LogP contribution is -2.71. The van der Waals surface area contributed by atoms with Gasteiger partial charge >= 0.3 is 5.97 Å². The zero-order chi connectivity index (χ0) is 96.9. The van der Waals surface area contributed by atoms with Crippen LogP contribution in [0, 0.1) is 0 Å². The molecule has 10 rings (SSSR count). The van der Waals surface area contributed by atoms with Crippen molar-refractivity contribution in [3.63, 3.8) is 0 Å². The maximum absolute atomic E-state index is 13.3. The summed E-state index contributed by atoms with van der Waals surface area (Å²) in [6.45, 7) is -4.62. The Hall–Kier alpha value is -5.02. The molecule has 10 heterocycles. The molecule has 756 valence electrons. The maximum Gasteiger partial charge on any atom is 0.364 e. The van der Waals surface area contributed by atoms with Gasteiger partial charge in [0.05, 0.1) is 77.7 Å². The van der Waals surface area contributed by atoms with Crippen LogP contribution < -0.4 is 26.6 Å². The Balaban J connectivity index is 0.963. The van der Waals surface area contributed by atoms with E-state index < -0.39 is 414 Å². The fraction of sp³-hybridized carbons (Fsp3) is 0.918. The van der Waals surface area contributed by atoms with Crippen molar-refractivity contribution < 1.29 is 262 Å². The molecule has 58 nitrogen and oxygen atoms in total. The minimum absolute atomic E-state index is 0.854. The SMILES string of the molecule is CC(=O)N[C@@H]1[C@@H](O)[C@H](O[C@@H]2O[C@H](CO)[C@@H](O[C@@H]3O[C@H](CO[C@H]4O[C@H](CO)[C@@H](O)[C@H](O)[C@@H]4O[C@@H]4O[C@H](CO)[C@@H](O[C@@H]5O[C@H](CO)[C@H](O)[C@H](O[C@]6(C(=O)O)C[C@H](O)[C@@H](NC(C)=O)[C@H]([C@H](O)[C@H](O)CO)O6)[C@H]5O)[C@H](O)[C@H]4NC(C)=O)[C@@H](O)[C@H](O[C@@H]4O[C@@H](CO)[C@@H](O)[C@H](O)[C@@H]4O[C@@H]4O[C@H](CO)[C@@H](O)[C@H](O)[C@H]4NC(C)=O)[C@@H]3O)[C@H](O)[C@H]2NC(C)=O)[C@@H](CO[C@H]2O[C@@H](C)[C@@H](O)[C@@H](O)[C@@H]2O)O[C@H]1O. The molecule has 0 bridgehead atoms. The highest BCUT2D eigenvalue weighted by molar-refractivity contribution is 5.77. The first kappa shape index (κ1) is 108. The molecule has 10 aliphatic rings. The molecule has 10 saturated heterocycles. The lowest BCUT2D eigenvalue weighted by Gasteiger charge is -2.51. The first-order valence-corrected chi connectivity index (χ1v) is 41.6. The van der Waals surface area contributed by atoms with Crippen LogP contribution in [0.25, 0.3) is 0 Å². The van der Waals surface area contributed by atoms with Crippen molar-refractivity contribution in [3.05, 3.63) is 0 Å². The first-order valence-electron chi connectivity index (χ1n) is 41.6. The lowest BCUT2D eigenvalue weighted by molar-refractivity contribution is -0.397. The number of aliphatic hydroxyl groups is 27. The number of ether oxygens (including phenoxy) is 19. The van der Waals surface area contributed by atoms with Gasteiger partial charge in [-0.3, -0.25) is 24.0 Å². The quantitative estimate of drug-likeness (QED) is 0.0280. The Kier molecular flexibility index (Phi) is 38.4. The Morgan fingerprint density at radius 2 is 0.679 bits per heavy atom. The zero-order valence-corrected chi connectivity index (χ0v) is 70.7. The van der Waals surface area contributed by atoms with Gasteiger partial charge in [0.2, 0.25) is 29.5 Å². The first-order chi connectivity index (χ1) is 61.7. The summed E-state index contributed by atoms with van der Waals surface area (Å²) in [5.41, 5.74) is 0. The monoisotopic (exact) mass is 1920 g/mol. The molecule has 0 aromatic rings. The molecule has 10 fully saturated rings. The second-order valence-electron chi connectivity index (χ2n) is 33.2. The molecule has 0 aliphatic carbocycles. The largest absolute Gasteiger partial charge is 0.477 e. The highest BCUT2D eigenvalue weighted by Crippen LogP contribution is 2.43. The van der Waals surface area contributed by atoms with E-state index in [2.05, 4.69) is 26.6 Å². The summed E-state index contributed by atoms with van der Waals surface area (Å²) in [4.78, 5) is 77.1. The zero-order valence-electron chi connectivity index (χ0n) is 70.7. The number of carboxylic acid groups (broad SMARTS) is 1. The molecule has 0 spiro atoms. The third-order valence-corrected chi connectivity index (χ3v) is 23.8. The molecule has 0 aromatic carbocycles. The highest BCUT2D eigenvalue weighted by Gasteiger charge is 2.64. The summed E-state index contributed by atoms with van der Waals surface area (Å²) in [6.07, 6.45) is -98.3. The molecule has 131 heavy (non-hydrogen) atoms. The van der Waals surface area contributed by atoms with E-state index in [1.807, 2.05) is 0 Å². The van der Waals surface area contributed by atoms with Crippen molar-refractivity contribution in [1.82, 2.24) is 26.6 Å². The molecule has 33 N–H and O–H groups in total. The van der Waals surface area contributed by atoms with Gasteiger partial charge in [0.1, 0.15) is 232 Å². The molecule has 10 aliphatic heterocycles. The van der Waals surface area contributed by atoms with Crippen molar-refractivity contribution in [1.29, 1.82) is 0 Å². The minimum atomic E-state index is -3.31. The second kappa shape index (κ2) is 46.6. The van der Waals surface area contributed by atoms with Crippen LogP contribution in [0.4, 0.5) is 0 Å². The summed E-state index contributed by atoms with van der Waals surface area (Å²) in [7, 11) is 0. The van der Waals surface area contributed by atoms with Crippen LogP contribution in [0.3, 0.4) is 0 Å². The number of carboxylic acids is 1. The molecule has 51 atom stereocenters. The molecule has 5 amide bonds.